The number of halogens is 1. The Bertz CT molecular complexity index is 674. The average molecular weight is 379 g/mol. The monoisotopic (exact) mass is 378 g/mol. The Morgan fingerprint density at radius 2 is 2.23 bits per heavy atom. The molecule has 0 aromatic carbocycles. The van der Waals surface area contributed by atoms with Crippen LogP contribution in [0.1, 0.15) is 32.1 Å². The lowest BCUT2D eigenvalue weighted by Crippen LogP contribution is -2.26. The van der Waals surface area contributed by atoms with Crippen LogP contribution in [0.2, 0.25) is 5.15 Å². The van der Waals surface area contributed by atoms with Crippen LogP contribution in [0, 0.1) is 29.1 Å². The van der Waals surface area contributed by atoms with Gasteiger partial charge in [-0.3, -0.25) is 4.79 Å². The molecule has 1 saturated carbocycles. The van der Waals surface area contributed by atoms with E-state index in [0.717, 1.165) is 0 Å². The number of nitriles is 1. The SMILES string of the molecule is N#CC1C[C@@H](O)[C@H](COc2cccc(Cl)n2)[C@H]1C/C=C\CCCC(=O)O. The van der Waals surface area contributed by atoms with Crippen LogP contribution < -0.4 is 4.74 Å². The second kappa shape index (κ2) is 10.1. The molecule has 0 aliphatic heterocycles. The molecule has 6 nitrogen and oxygen atoms in total. The number of rotatable bonds is 9. The first kappa shape index (κ1) is 20.2. The van der Waals surface area contributed by atoms with Gasteiger partial charge in [-0.05, 0) is 37.7 Å². The zero-order valence-electron chi connectivity index (χ0n) is 14.4. The predicted octanol–water partition coefficient (Wildman–Crippen LogP) is 3.45. The molecule has 1 aliphatic rings. The second-order valence-electron chi connectivity index (χ2n) is 6.47. The lowest BCUT2D eigenvalue weighted by Gasteiger charge is -2.22. The van der Waals surface area contributed by atoms with Crippen LogP contribution in [0.5, 0.6) is 5.88 Å². The molecule has 0 bridgehead atoms. The van der Waals surface area contributed by atoms with Gasteiger partial charge in [-0.15, -0.1) is 0 Å². The van der Waals surface area contributed by atoms with Gasteiger partial charge in [0, 0.05) is 18.4 Å². The number of aliphatic carboxylic acids is 1. The first-order chi connectivity index (χ1) is 12.5. The van der Waals surface area contributed by atoms with Gasteiger partial charge in [0.25, 0.3) is 0 Å². The van der Waals surface area contributed by atoms with E-state index in [2.05, 4.69) is 11.1 Å². The Hall–Kier alpha value is -2.10. The predicted molar refractivity (Wildman–Crippen MR) is 96.7 cm³/mol. The number of unbranched alkanes of at least 4 members (excludes halogenated alkanes) is 1. The van der Waals surface area contributed by atoms with Crippen LogP contribution in [0.4, 0.5) is 0 Å². The third-order valence-corrected chi connectivity index (χ3v) is 4.88. The molecule has 1 fully saturated rings. The number of carboxylic acids is 1. The van der Waals surface area contributed by atoms with Gasteiger partial charge in [0.2, 0.25) is 5.88 Å². The fourth-order valence-corrected chi connectivity index (χ4v) is 3.47. The lowest BCUT2D eigenvalue weighted by molar-refractivity contribution is -0.137. The zero-order valence-corrected chi connectivity index (χ0v) is 15.2. The lowest BCUT2D eigenvalue weighted by atomic mass is 9.87. The molecule has 2 rings (SSSR count). The number of allylic oxidation sites excluding steroid dienone is 2. The van der Waals surface area contributed by atoms with Crippen molar-refractivity contribution in [1.82, 2.24) is 4.98 Å². The quantitative estimate of drug-likeness (QED) is 0.387. The van der Waals surface area contributed by atoms with Crippen LogP contribution in [-0.2, 0) is 4.79 Å². The molecule has 1 aromatic heterocycles. The molecule has 0 spiro atoms. The fourth-order valence-electron chi connectivity index (χ4n) is 3.31. The summed E-state index contributed by atoms with van der Waals surface area (Å²) in [6, 6.07) is 7.38. The summed E-state index contributed by atoms with van der Waals surface area (Å²) >= 11 is 5.84. The number of hydrogen-bond acceptors (Lipinski definition) is 5. The minimum absolute atomic E-state index is 0.00934. The van der Waals surface area contributed by atoms with Gasteiger partial charge in [-0.25, -0.2) is 4.98 Å². The molecule has 0 saturated heterocycles. The minimum atomic E-state index is -0.798. The van der Waals surface area contributed by atoms with E-state index < -0.39 is 12.1 Å². The average Bonchev–Trinajstić information content (AvgIpc) is 2.91. The van der Waals surface area contributed by atoms with E-state index in [1.54, 1.807) is 18.2 Å². The molecule has 1 heterocycles. The third-order valence-electron chi connectivity index (χ3n) is 4.67. The molecule has 1 aliphatic carbocycles. The smallest absolute Gasteiger partial charge is 0.303 e. The van der Waals surface area contributed by atoms with Gasteiger partial charge in [0.05, 0.1) is 24.7 Å². The fraction of sp³-hybridized carbons (Fsp3) is 0.526. The summed E-state index contributed by atoms with van der Waals surface area (Å²) in [5.41, 5.74) is 0. The maximum atomic E-state index is 10.5. The summed E-state index contributed by atoms with van der Waals surface area (Å²) in [6.07, 6.45) is 5.84. The Labute approximate surface area is 158 Å². The number of ether oxygens (including phenoxy) is 1. The number of hydrogen-bond donors (Lipinski definition) is 2. The van der Waals surface area contributed by atoms with Crippen molar-refractivity contribution in [3.63, 3.8) is 0 Å². The van der Waals surface area contributed by atoms with Crippen LogP contribution >= 0.6 is 11.6 Å². The van der Waals surface area contributed by atoms with Crippen molar-refractivity contribution in [2.24, 2.45) is 17.8 Å². The van der Waals surface area contributed by atoms with E-state index in [-0.39, 0.29) is 30.8 Å². The zero-order chi connectivity index (χ0) is 18.9. The summed E-state index contributed by atoms with van der Waals surface area (Å²) in [5, 5.41) is 28.7. The van der Waals surface area contributed by atoms with Crippen molar-refractivity contribution in [2.45, 2.75) is 38.2 Å². The summed E-state index contributed by atoms with van der Waals surface area (Å²) in [4.78, 5) is 14.6. The number of carbonyl (C=O) groups is 1. The van der Waals surface area contributed by atoms with Crippen LogP contribution in [0.3, 0.4) is 0 Å². The van der Waals surface area contributed by atoms with Crippen molar-refractivity contribution >= 4 is 17.6 Å². The highest BCUT2D eigenvalue weighted by molar-refractivity contribution is 6.29. The number of aliphatic hydroxyl groups is 1. The molecule has 0 amide bonds. The number of carboxylic acid groups (broad SMARTS) is 1. The van der Waals surface area contributed by atoms with Gasteiger partial charge in [0.1, 0.15) is 5.15 Å². The van der Waals surface area contributed by atoms with Crippen molar-refractivity contribution in [3.8, 4) is 11.9 Å². The maximum Gasteiger partial charge on any atom is 0.303 e. The largest absolute Gasteiger partial charge is 0.481 e. The molecule has 1 aromatic rings. The Kier molecular flexibility index (Phi) is 7.89. The molecule has 7 heteroatoms. The van der Waals surface area contributed by atoms with E-state index in [1.165, 1.54) is 0 Å². The molecular formula is C19H23ClN2O4. The first-order valence-electron chi connectivity index (χ1n) is 8.71. The highest BCUT2D eigenvalue weighted by Crippen LogP contribution is 2.39. The number of aliphatic hydroxyl groups excluding tert-OH is 1. The molecule has 0 radical (unpaired) electrons. The van der Waals surface area contributed by atoms with E-state index in [0.29, 0.717) is 36.7 Å². The van der Waals surface area contributed by atoms with Crippen LogP contribution in [0.25, 0.3) is 0 Å². The van der Waals surface area contributed by atoms with Crippen molar-refractivity contribution in [3.05, 3.63) is 35.5 Å². The Morgan fingerprint density at radius 1 is 1.42 bits per heavy atom. The third kappa shape index (κ3) is 6.01. The van der Waals surface area contributed by atoms with Gasteiger partial charge < -0.3 is 14.9 Å². The highest BCUT2D eigenvalue weighted by Gasteiger charge is 2.42. The first-order valence-corrected chi connectivity index (χ1v) is 9.09. The summed E-state index contributed by atoms with van der Waals surface area (Å²) in [5.74, 6) is -0.801. The normalized spacial score (nSPS) is 25.3. The molecule has 1 unspecified atom stereocenters. The second-order valence-corrected chi connectivity index (χ2v) is 6.86. The van der Waals surface area contributed by atoms with E-state index >= 15 is 0 Å². The Morgan fingerprint density at radius 3 is 2.92 bits per heavy atom. The summed E-state index contributed by atoms with van der Waals surface area (Å²) < 4.78 is 5.68. The van der Waals surface area contributed by atoms with Crippen LogP contribution in [-0.4, -0.2) is 33.9 Å². The van der Waals surface area contributed by atoms with Gasteiger partial charge in [0.15, 0.2) is 0 Å². The van der Waals surface area contributed by atoms with E-state index in [1.807, 2.05) is 12.2 Å². The molecule has 26 heavy (non-hydrogen) atoms. The summed E-state index contributed by atoms with van der Waals surface area (Å²) in [6.45, 7) is 0.268. The molecular weight excluding hydrogens is 356 g/mol. The van der Waals surface area contributed by atoms with Gasteiger partial charge in [-0.1, -0.05) is 29.8 Å². The van der Waals surface area contributed by atoms with Crippen molar-refractivity contribution in [1.29, 1.82) is 5.26 Å². The number of nitrogens with zero attached hydrogens (tertiary/aromatic N) is 2. The topological polar surface area (TPSA) is 103 Å². The number of aromatic nitrogens is 1. The Balaban J connectivity index is 1.91. The standard InChI is InChI=1S/C19H23ClN2O4/c20-17-7-5-8-18(22-17)26-12-15-14(13(11-21)10-16(15)23)6-3-1-2-4-9-19(24)25/h1,3,5,7-8,13-16,23H,2,4,6,9-10,12H2,(H,24,25)/b3-1-/t13?,14-,15+,16+/m0/s1. The maximum absolute atomic E-state index is 10.5. The molecule has 4 atom stereocenters. The van der Waals surface area contributed by atoms with Crippen LogP contribution in [0.15, 0.2) is 30.4 Å². The van der Waals surface area contributed by atoms with Gasteiger partial charge >= 0.3 is 5.97 Å². The molecule has 2 N–H and O–H groups in total. The summed E-state index contributed by atoms with van der Waals surface area (Å²) in [7, 11) is 0. The molecule has 140 valence electrons. The van der Waals surface area contributed by atoms with E-state index in [4.69, 9.17) is 21.4 Å². The number of pyridine rings is 1. The minimum Gasteiger partial charge on any atom is -0.481 e. The van der Waals surface area contributed by atoms with Crippen molar-refractivity contribution < 1.29 is 19.7 Å². The van der Waals surface area contributed by atoms with Crippen molar-refractivity contribution in [2.75, 3.05) is 6.61 Å². The highest BCUT2D eigenvalue weighted by atomic mass is 35.5. The van der Waals surface area contributed by atoms with E-state index in [9.17, 15) is 15.2 Å². The van der Waals surface area contributed by atoms with Gasteiger partial charge in [-0.2, -0.15) is 5.26 Å².